The second-order valence-electron chi connectivity index (χ2n) is 3.37. The van der Waals surface area contributed by atoms with Gasteiger partial charge < -0.3 is 29.7 Å². The molecule has 1 aliphatic rings. The fourth-order valence-electron chi connectivity index (χ4n) is 1.61. The number of hydrogen-bond donors (Lipinski definition) is 0. The zero-order chi connectivity index (χ0) is 8.81. The van der Waals surface area contributed by atoms with Crippen molar-refractivity contribution in [3.8, 4) is 0 Å². The summed E-state index contributed by atoms with van der Waals surface area (Å²) in [5, 5.41) is 0. The van der Waals surface area contributed by atoms with Crippen LogP contribution in [0.3, 0.4) is 0 Å². The number of hydrogen-bond acceptors (Lipinski definition) is 2. The molecule has 0 atom stereocenters. The Bertz CT molecular complexity index is 143. The van der Waals surface area contributed by atoms with Crippen LogP contribution in [-0.2, 0) is 12.6 Å². The number of thiocarbonyl (C=S) groups is 1. The summed E-state index contributed by atoms with van der Waals surface area (Å²) in [6, 6.07) is 0. The molecule has 0 aromatic heterocycles. The van der Waals surface area contributed by atoms with Crippen LogP contribution in [0.15, 0.2) is 0 Å². The summed E-state index contributed by atoms with van der Waals surface area (Å²) in [6.07, 6.45) is 7.98. The molecule has 4 heteroatoms. The minimum atomic E-state index is 0. The van der Waals surface area contributed by atoms with Gasteiger partial charge in [0.25, 0.3) is 0 Å². The van der Waals surface area contributed by atoms with E-state index < -0.39 is 0 Å². The Labute approximate surface area is 114 Å². The Hall–Kier alpha value is 1.11. The Morgan fingerprint density at radius 3 is 1.69 bits per heavy atom. The smallest absolute Gasteiger partial charge is 0.411 e. The van der Waals surface area contributed by atoms with Crippen LogP contribution in [0.1, 0.15) is 38.5 Å². The van der Waals surface area contributed by atoms with Gasteiger partial charge in [-0.1, -0.05) is 30.0 Å². The summed E-state index contributed by atoms with van der Waals surface area (Å²) in [5.41, 5.74) is 0. The van der Waals surface area contributed by atoms with Gasteiger partial charge in [0.2, 0.25) is 0 Å². The second-order valence-corrected chi connectivity index (χ2v) is 4.41. The van der Waals surface area contributed by atoms with Crippen LogP contribution in [-0.4, -0.2) is 22.3 Å². The molecule has 0 aromatic carbocycles. The molecule has 0 radical (unpaired) electrons. The van der Waals surface area contributed by atoms with E-state index in [1.165, 1.54) is 38.5 Å². The molecule has 0 unspecified atom stereocenters. The first-order valence-electron chi connectivity index (χ1n) is 4.76. The van der Waals surface area contributed by atoms with Crippen molar-refractivity contribution in [3.05, 3.63) is 0 Å². The fourth-order valence-corrected chi connectivity index (χ4v) is 1.97. The first kappa shape index (κ1) is 14.1. The summed E-state index contributed by atoms with van der Waals surface area (Å²) >= 11 is 10.0. The zero-order valence-electron chi connectivity index (χ0n) is 8.42. The van der Waals surface area contributed by atoms with Crippen LogP contribution < -0.4 is 29.6 Å². The monoisotopic (exact) mass is 225 g/mol. The summed E-state index contributed by atoms with van der Waals surface area (Å²) in [5.74, 6) is 0. The summed E-state index contributed by atoms with van der Waals surface area (Å²) in [6.45, 7) is 2.17. The molecule has 0 saturated carbocycles. The molecule has 13 heavy (non-hydrogen) atoms. The van der Waals surface area contributed by atoms with Crippen molar-refractivity contribution in [3.63, 3.8) is 0 Å². The van der Waals surface area contributed by atoms with Crippen LogP contribution in [0.5, 0.6) is 0 Å². The molecule has 0 bridgehead atoms. The maximum Gasteiger partial charge on any atom is 1.00 e. The van der Waals surface area contributed by atoms with E-state index in [1.54, 1.807) is 0 Å². The fraction of sp³-hybridized carbons (Fsp3) is 0.889. The predicted octanol–water partition coefficient (Wildman–Crippen LogP) is -0.522. The maximum absolute atomic E-state index is 5.00. The van der Waals surface area contributed by atoms with E-state index >= 15 is 0 Å². The van der Waals surface area contributed by atoms with Gasteiger partial charge in [-0.2, -0.15) is 0 Å². The van der Waals surface area contributed by atoms with Gasteiger partial charge in [-0.25, -0.2) is 0 Å². The third-order valence-corrected chi connectivity index (χ3v) is 2.88. The third-order valence-electron chi connectivity index (χ3n) is 2.36. The van der Waals surface area contributed by atoms with E-state index in [1.807, 2.05) is 0 Å². The van der Waals surface area contributed by atoms with E-state index in [-0.39, 0.29) is 29.6 Å². The molecule has 0 spiro atoms. The molecule has 0 aromatic rings. The Balaban J connectivity index is 0.00000144. The quantitative estimate of drug-likeness (QED) is 0.310. The number of rotatable bonds is 0. The molecule has 1 fully saturated rings. The van der Waals surface area contributed by atoms with Gasteiger partial charge in [0.15, 0.2) is 0 Å². The Kier molecular flexibility index (Phi) is 9.14. The molecule has 0 amide bonds. The van der Waals surface area contributed by atoms with Gasteiger partial charge in [-0.15, -0.1) is 0 Å². The van der Waals surface area contributed by atoms with Crippen LogP contribution in [0.2, 0.25) is 0 Å². The topological polar surface area (TPSA) is 3.24 Å². The average molecular weight is 225 g/mol. The van der Waals surface area contributed by atoms with E-state index in [0.717, 1.165) is 13.1 Å². The molecule has 0 N–H and O–H groups in total. The second kappa shape index (κ2) is 8.42. The van der Waals surface area contributed by atoms with Crippen LogP contribution in [0.4, 0.5) is 0 Å². The van der Waals surface area contributed by atoms with Gasteiger partial charge >= 0.3 is 29.6 Å². The Morgan fingerprint density at radius 2 is 1.31 bits per heavy atom. The van der Waals surface area contributed by atoms with Crippen molar-refractivity contribution in [2.24, 2.45) is 0 Å². The summed E-state index contributed by atoms with van der Waals surface area (Å²) < 4.78 is 0.664. The minimum absolute atomic E-state index is 0. The molecule has 1 nitrogen and oxygen atoms in total. The molecule has 0 aliphatic carbocycles. The summed E-state index contributed by atoms with van der Waals surface area (Å²) in [7, 11) is 0. The zero-order valence-corrected chi connectivity index (χ0v) is 12.1. The Morgan fingerprint density at radius 1 is 0.923 bits per heavy atom. The van der Waals surface area contributed by atoms with Crippen molar-refractivity contribution >= 4 is 29.2 Å². The van der Waals surface area contributed by atoms with Crippen molar-refractivity contribution in [1.82, 2.24) is 4.90 Å². The first-order chi connectivity index (χ1) is 5.80. The van der Waals surface area contributed by atoms with Gasteiger partial charge in [0.1, 0.15) is 0 Å². The average Bonchev–Trinajstić information content (AvgIpc) is 2.15. The van der Waals surface area contributed by atoms with Crippen molar-refractivity contribution < 1.29 is 29.6 Å². The largest absolute Gasteiger partial charge is 1.00 e. The molecular weight excluding hydrogens is 209 g/mol. The van der Waals surface area contributed by atoms with Crippen molar-refractivity contribution in [1.29, 1.82) is 0 Å². The van der Waals surface area contributed by atoms with Gasteiger partial charge in [-0.3, -0.25) is 0 Å². The van der Waals surface area contributed by atoms with Crippen molar-refractivity contribution in [2.75, 3.05) is 13.1 Å². The van der Waals surface area contributed by atoms with Crippen LogP contribution in [0, 0.1) is 0 Å². The predicted molar refractivity (Wildman–Crippen MR) is 59.2 cm³/mol. The van der Waals surface area contributed by atoms with Gasteiger partial charge in [0.05, 0.1) is 0 Å². The van der Waals surface area contributed by atoms with E-state index in [9.17, 15) is 0 Å². The molecule has 1 aliphatic heterocycles. The standard InChI is InChI=1S/C9H17NS2.Na/c11-9(12)10-7-5-3-1-2-4-6-8-10;/h1-8H2,(H,11,12);/q;+1/p-1. The number of nitrogens with zero attached hydrogens (tertiary/aromatic N) is 1. The SMILES string of the molecule is S=C([S-])N1CCCCCCCC1.[Na+]. The van der Waals surface area contributed by atoms with Crippen LogP contribution >= 0.6 is 12.2 Å². The van der Waals surface area contributed by atoms with E-state index in [0.29, 0.717) is 4.32 Å². The van der Waals surface area contributed by atoms with Crippen molar-refractivity contribution in [2.45, 2.75) is 38.5 Å². The molecule has 1 heterocycles. The maximum atomic E-state index is 5.00. The molecular formula is C9H16NNaS2. The first-order valence-corrected chi connectivity index (χ1v) is 5.58. The van der Waals surface area contributed by atoms with Gasteiger partial charge in [0, 0.05) is 13.1 Å². The van der Waals surface area contributed by atoms with E-state index in [2.05, 4.69) is 4.90 Å². The molecule has 1 rings (SSSR count). The minimum Gasteiger partial charge on any atom is -0.411 e. The molecule has 1 saturated heterocycles. The summed E-state index contributed by atoms with van der Waals surface area (Å²) in [4.78, 5) is 2.18. The van der Waals surface area contributed by atoms with Gasteiger partial charge in [-0.05, 0) is 12.8 Å². The van der Waals surface area contributed by atoms with E-state index in [4.69, 9.17) is 24.8 Å². The van der Waals surface area contributed by atoms with Crippen LogP contribution in [0.25, 0.3) is 0 Å². The molecule has 70 valence electrons. The normalized spacial score (nSPS) is 19.2. The third kappa shape index (κ3) is 6.24.